The van der Waals surface area contributed by atoms with Crippen molar-refractivity contribution in [3.8, 4) is 0 Å². The van der Waals surface area contributed by atoms with Crippen LogP contribution in [0.4, 0.5) is 4.39 Å². The molecule has 5 nitrogen and oxygen atoms in total. The molecule has 0 saturated carbocycles. The third-order valence-corrected chi connectivity index (χ3v) is 6.70. The second kappa shape index (κ2) is 8.27. The molecule has 0 aromatic heterocycles. The van der Waals surface area contributed by atoms with Crippen molar-refractivity contribution >= 4 is 17.6 Å². The van der Waals surface area contributed by atoms with Gasteiger partial charge in [0.2, 0.25) is 0 Å². The van der Waals surface area contributed by atoms with Crippen LogP contribution in [0.1, 0.15) is 37.7 Å². The van der Waals surface area contributed by atoms with E-state index in [0.717, 1.165) is 70.4 Å². The number of hydrogen-bond donors (Lipinski definition) is 1. The summed E-state index contributed by atoms with van der Waals surface area (Å²) in [5.74, 6) is -0.369. The standard InChI is InChI=1S/C21H28ClFN2O3/c22-16-9-15(10-17(23)11-16)13-25-7-3-21(4-8-25)12-19(28-20(21)27)14-24-5-1-18(26)2-6-24/h9-11,18-19,26H,1-8,12-14H2. The summed E-state index contributed by atoms with van der Waals surface area (Å²) in [6.45, 7) is 4.74. The molecule has 4 rings (SSSR count). The highest BCUT2D eigenvalue weighted by atomic mass is 35.5. The van der Waals surface area contributed by atoms with Crippen LogP contribution in [0.5, 0.6) is 0 Å². The van der Waals surface area contributed by atoms with Crippen molar-refractivity contribution in [3.05, 3.63) is 34.6 Å². The number of nitrogens with zero attached hydrogens (tertiary/aromatic N) is 2. The van der Waals surface area contributed by atoms with Gasteiger partial charge in [0.15, 0.2) is 0 Å². The van der Waals surface area contributed by atoms with Crippen LogP contribution in [-0.2, 0) is 16.1 Å². The van der Waals surface area contributed by atoms with Crippen LogP contribution in [0.2, 0.25) is 5.02 Å². The van der Waals surface area contributed by atoms with Gasteiger partial charge in [0.05, 0.1) is 11.5 Å². The molecule has 28 heavy (non-hydrogen) atoms. The van der Waals surface area contributed by atoms with Gasteiger partial charge in [-0.3, -0.25) is 14.6 Å². The van der Waals surface area contributed by atoms with E-state index < -0.39 is 0 Å². The molecule has 1 spiro atoms. The zero-order valence-electron chi connectivity index (χ0n) is 16.1. The number of esters is 1. The van der Waals surface area contributed by atoms with Crippen molar-refractivity contribution in [1.29, 1.82) is 0 Å². The fraction of sp³-hybridized carbons (Fsp3) is 0.667. The van der Waals surface area contributed by atoms with Gasteiger partial charge in [-0.1, -0.05) is 11.6 Å². The van der Waals surface area contributed by atoms with Gasteiger partial charge < -0.3 is 9.84 Å². The summed E-state index contributed by atoms with van der Waals surface area (Å²) in [5.41, 5.74) is 0.496. The number of halogens is 2. The Balaban J connectivity index is 1.30. The molecular formula is C21H28ClFN2O3. The topological polar surface area (TPSA) is 53.0 Å². The summed E-state index contributed by atoms with van der Waals surface area (Å²) in [6.07, 6.45) is 3.70. The van der Waals surface area contributed by atoms with Crippen LogP contribution in [0.25, 0.3) is 0 Å². The Hall–Kier alpha value is -1.21. The Morgan fingerprint density at radius 3 is 2.54 bits per heavy atom. The van der Waals surface area contributed by atoms with Gasteiger partial charge in [-0.25, -0.2) is 4.39 Å². The van der Waals surface area contributed by atoms with E-state index in [1.54, 1.807) is 6.07 Å². The van der Waals surface area contributed by atoms with Gasteiger partial charge >= 0.3 is 5.97 Å². The Morgan fingerprint density at radius 1 is 1.14 bits per heavy atom. The molecule has 1 aromatic carbocycles. The Bertz CT molecular complexity index is 695. The maximum absolute atomic E-state index is 13.5. The number of aliphatic hydroxyl groups excluding tert-OH is 1. The maximum Gasteiger partial charge on any atom is 0.312 e. The molecule has 3 aliphatic rings. The molecule has 7 heteroatoms. The summed E-state index contributed by atoms with van der Waals surface area (Å²) in [5, 5.41) is 10.1. The summed E-state index contributed by atoms with van der Waals surface area (Å²) >= 11 is 5.95. The number of piperidine rings is 2. The third kappa shape index (κ3) is 4.51. The van der Waals surface area contributed by atoms with E-state index in [9.17, 15) is 14.3 Å². The average molecular weight is 411 g/mol. The molecule has 3 aliphatic heterocycles. The minimum Gasteiger partial charge on any atom is -0.461 e. The summed E-state index contributed by atoms with van der Waals surface area (Å²) in [7, 11) is 0. The molecular weight excluding hydrogens is 383 g/mol. The molecule has 3 saturated heterocycles. The van der Waals surface area contributed by atoms with Gasteiger partial charge in [0, 0.05) is 37.6 Å². The lowest BCUT2D eigenvalue weighted by Crippen LogP contribution is -2.42. The van der Waals surface area contributed by atoms with Crippen LogP contribution in [0.15, 0.2) is 18.2 Å². The molecule has 1 unspecified atom stereocenters. The molecule has 154 valence electrons. The first-order valence-electron chi connectivity index (χ1n) is 10.2. The van der Waals surface area contributed by atoms with Gasteiger partial charge in [0.25, 0.3) is 0 Å². The molecule has 1 atom stereocenters. The quantitative estimate of drug-likeness (QED) is 0.773. The predicted octanol–water partition coefficient (Wildman–Crippen LogP) is 2.83. The highest BCUT2D eigenvalue weighted by Gasteiger charge is 2.50. The second-order valence-electron chi connectivity index (χ2n) is 8.60. The van der Waals surface area contributed by atoms with Crippen LogP contribution in [0, 0.1) is 11.2 Å². The lowest BCUT2D eigenvalue weighted by molar-refractivity contribution is -0.151. The Kier molecular flexibility index (Phi) is 5.93. The predicted molar refractivity (Wildman–Crippen MR) is 105 cm³/mol. The zero-order valence-corrected chi connectivity index (χ0v) is 16.8. The minimum absolute atomic E-state index is 0.0451. The molecule has 0 amide bonds. The van der Waals surface area contributed by atoms with Gasteiger partial charge in [-0.05, 0) is 62.5 Å². The fourth-order valence-corrected chi connectivity index (χ4v) is 5.08. The van der Waals surface area contributed by atoms with E-state index >= 15 is 0 Å². The smallest absolute Gasteiger partial charge is 0.312 e. The van der Waals surface area contributed by atoms with E-state index in [4.69, 9.17) is 16.3 Å². The van der Waals surface area contributed by atoms with Crippen molar-refractivity contribution in [1.82, 2.24) is 9.80 Å². The van der Waals surface area contributed by atoms with Crippen LogP contribution in [-0.4, -0.2) is 65.8 Å². The van der Waals surface area contributed by atoms with Crippen molar-refractivity contribution in [3.63, 3.8) is 0 Å². The van der Waals surface area contributed by atoms with Crippen molar-refractivity contribution < 1.29 is 19.0 Å². The molecule has 3 heterocycles. The Labute approximate surface area is 170 Å². The number of hydrogen-bond acceptors (Lipinski definition) is 5. The monoisotopic (exact) mass is 410 g/mol. The van der Waals surface area contributed by atoms with Crippen LogP contribution in [0.3, 0.4) is 0 Å². The number of cyclic esters (lactones) is 1. The first-order chi connectivity index (χ1) is 13.4. The van der Waals surface area contributed by atoms with E-state index in [1.165, 1.54) is 12.1 Å². The zero-order chi connectivity index (χ0) is 19.7. The van der Waals surface area contributed by atoms with Gasteiger partial charge in [0.1, 0.15) is 11.9 Å². The lowest BCUT2D eigenvalue weighted by Gasteiger charge is -2.36. The summed E-state index contributed by atoms with van der Waals surface area (Å²) in [6, 6.07) is 4.63. The van der Waals surface area contributed by atoms with Crippen molar-refractivity contribution in [2.24, 2.45) is 5.41 Å². The normalized spacial score (nSPS) is 26.7. The largest absolute Gasteiger partial charge is 0.461 e. The lowest BCUT2D eigenvalue weighted by atomic mass is 9.76. The number of likely N-dealkylation sites (tertiary alicyclic amines) is 2. The molecule has 3 fully saturated rings. The SMILES string of the molecule is O=C1OC(CN2CCC(O)CC2)CC12CCN(Cc1cc(F)cc(Cl)c1)CC2. The summed E-state index contributed by atoms with van der Waals surface area (Å²) in [4.78, 5) is 17.2. The molecule has 0 radical (unpaired) electrons. The Morgan fingerprint density at radius 2 is 1.86 bits per heavy atom. The number of aliphatic hydroxyl groups is 1. The van der Waals surface area contributed by atoms with Gasteiger partial charge in [-0.15, -0.1) is 0 Å². The third-order valence-electron chi connectivity index (χ3n) is 6.49. The number of benzene rings is 1. The number of ether oxygens (including phenoxy) is 1. The van der Waals surface area contributed by atoms with Crippen LogP contribution < -0.4 is 0 Å². The highest BCUT2D eigenvalue weighted by Crippen LogP contribution is 2.43. The number of carbonyl (C=O) groups excluding carboxylic acids is 1. The molecule has 0 aliphatic carbocycles. The second-order valence-corrected chi connectivity index (χ2v) is 9.03. The fourth-order valence-electron chi connectivity index (χ4n) is 4.84. The first kappa shape index (κ1) is 20.1. The van der Waals surface area contributed by atoms with Crippen molar-refractivity contribution in [2.75, 3.05) is 32.7 Å². The van der Waals surface area contributed by atoms with Crippen LogP contribution >= 0.6 is 11.6 Å². The number of rotatable bonds is 4. The molecule has 0 bridgehead atoms. The van der Waals surface area contributed by atoms with E-state index in [2.05, 4.69) is 9.80 Å². The highest BCUT2D eigenvalue weighted by molar-refractivity contribution is 6.30. The van der Waals surface area contributed by atoms with E-state index in [0.29, 0.717) is 11.6 Å². The van der Waals surface area contributed by atoms with Crippen molar-refractivity contribution in [2.45, 2.75) is 50.9 Å². The number of carbonyl (C=O) groups is 1. The molecule has 1 aromatic rings. The minimum atomic E-state index is -0.365. The maximum atomic E-state index is 13.5. The van der Waals surface area contributed by atoms with E-state index in [-0.39, 0.29) is 29.4 Å². The molecule has 1 N–H and O–H groups in total. The summed E-state index contributed by atoms with van der Waals surface area (Å²) < 4.78 is 19.3. The first-order valence-corrected chi connectivity index (χ1v) is 10.6. The van der Waals surface area contributed by atoms with E-state index in [1.807, 2.05) is 0 Å². The average Bonchev–Trinajstić information content (AvgIpc) is 2.93. The van der Waals surface area contributed by atoms with Gasteiger partial charge in [-0.2, -0.15) is 0 Å².